The van der Waals surface area contributed by atoms with E-state index in [1.54, 1.807) is 11.0 Å². The fourth-order valence-electron chi connectivity index (χ4n) is 2.17. The second-order valence-corrected chi connectivity index (χ2v) is 4.85. The van der Waals surface area contributed by atoms with E-state index in [1.165, 1.54) is 0 Å². The first-order valence-electron chi connectivity index (χ1n) is 6.94. The molecule has 7 heteroatoms. The zero-order valence-electron chi connectivity index (χ0n) is 11.8. The molecule has 0 unspecified atom stereocenters. The SMILES string of the molecule is CCCCn1cc(N)c(-c2cccc(-n3cnnn3)c2)n1. The molecule has 0 spiro atoms. The Morgan fingerprint density at radius 1 is 1.29 bits per heavy atom. The Kier molecular flexibility index (Phi) is 3.63. The van der Waals surface area contributed by atoms with Gasteiger partial charge < -0.3 is 5.73 Å². The highest BCUT2D eigenvalue weighted by atomic mass is 15.5. The first kappa shape index (κ1) is 13.3. The van der Waals surface area contributed by atoms with E-state index in [4.69, 9.17) is 5.73 Å². The molecule has 0 aliphatic rings. The van der Waals surface area contributed by atoms with Gasteiger partial charge in [-0.2, -0.15) is 5.10 Å². The van der Waals surface area contributed by atoms with Crippen molar-refractivity contribution in [3.63, 3.8) is 0 Å². The molecule has 0 amide bonds. The predicted octanol–water partition coefficient (Wildman–Crippen LogP) is 1.91. The van der Waals surface area contributed by atoms with Crippen molar-refractivity contribution in [1.82, 2.24) is 30.0 Å². The summed E-state index contributed by atoms with van der Waals surface area (Å²) in [4.78, 5) is 0. The van der Waals surface area contributed by atoms with Gasteiger partial charge in [0.05, 0.1) is 11.4 Å². The standard InChI is InChI=1S/C14H17N7/c1-2-3-7-20-9-13(15)14(17-20)11-5-4-6-12(8-11)21-10-16-18-19-21/h4-6,8-10H,2-3,7,15H2,1H3. The van der Waals surface area contributed by atoms with Crippen molar-refractivity contribution in [2.75, 3.05) is 5.73 Å². The third-order valence-corrected chi connectivity index (χ3v) is 3.26. The number of nitrogen functional groups attached to an aromatic ring is 1. The molecule has 0 aliphatic carbocycles. The third-order valence-electron chi connectivity index (χ3n) is 3.26. The van der Waals surface area contributed by atoms with Gasteiger partial charge in [0.25, 0.3) is 0 Å². The first-order chi connectivity index (χ1) is 10.3. The molecule has 2 aromatic heterocycles. The molecule has 3 aromatic rings. The number of hydrogen-bond donors (Lipinski definition) is 1. The second kappa shape index (κ2) is 5.74. The Balaban J connectivity index is 1.93. The summed E-state index contributed by atoms with van der Waals surface area (Å²) in [5, 5.41) is 15.7. The van der Waals surface area contributed by atoms with Gasteiger partial charge in [0.2, 0.25) is 0 Å². The Labute approximate surface area is 122 Å². The largest absolute Gasteiger partial charge is 0.396 e. The average molecular weight is 283 g/mol. The van der Waals surface area contributed by atoms with Gasteiger partial charge >= 0.3 is 0 Å². The van der Waals surface area contributed by atoms with E-state index in [2.05, 4.69) is 27.5 Å². The lowest BCUT2D eigenvalue weighted by Gasteiger charge is -2.03. The number of aryl methyl sites for hydroxylation is 1. The zero-order valence-corrected chi connectivity index (χ0v) is 11.8. The van der Waals surface area contributed by atoms with Crippen molar-refractivity contribution < 1.29 is 0 Å². The molecule has 0 atom stereocenters. The van der Waals surface area contributed by atoms with Crippen LogP contribution in [0, 0.1) is 0 Å². The van der Waals surface area contributed by atoms with Crippen molar-refractivity contribution in [3.8, 4) is 16.9 Å². The van der Waals surface area contributed by atoms with Crippen LogP contribution in [-0.2, 0) is 6.54 Å². The summed E-state index contributed by atoms with van der Waals surface area (Å²) in [6.07, 6.45) is 5.66. The Morgan fingerprint density at radius 2 is 2.19 bits per heavy atom. The van der Waals surface area contributed by atoms with Crippen molar-refractivity contribution in [2.45, 2.75) is 26.3 Å². The van der Waals surface area contributed by atoms with Gasteiger partial charge in [0.15, 0.2) is 0 Å². The van der Waals surface area contributed by atoms with Crippen LogP contribution < -0.4 is 5.73 Å². The van der Waals surface area contributed by atoms with E-state index in [0.29, 0.717) is 5.69 Å². The normalized spacial score (nSPS) is 10.9. The van der Waals surface area contributed by atoms with Gasteiger partial charge in [0.1, 0.15) is 12.0 Å². The van der Waals surface area contributed by atoms with Crippen LogP contribution in [0.25, 0.3) is 16.9 Å². The molecule has 1 aromatic carbocycles. The van der Waals surface area contributed by atoms with Crippen LogP contribution in [-0.4, -0.2) is 30.0 Å². The molecule has 0 saturated heterocycles. The quantitative estimate of drug-likeness (QED) is 0.772. The smallest absolute Gasteiger partial charge is 0.143 e. The number of hydrogen-bond acceptors (Lipinski definition) is 5. The summed E-state index contributed by atoms with van der Waals surface area (Å²) in [6.45, 7) is 3.04. The summed E-state index contributed by atoms with van der Waals surface area (Å²) < 4.78 is 3.51. The van der Waals surface area contributed by atoms with Crippen molar-refractivity contribution >= 4 is 5.69 Å². The summed E-state index contributed by atoms with van der Waals surface area (Å²) in [6, 6.07) is 7.83. The number of rotatable bonds is 5. The highest BCUT2D eigenvalue weighted by Gasteiger charge is 2.10. The molecule has 7 nitrogen and oxygen atoms in total. The van der Waals surface area contributed by atoms with Gasteiger partial charge in [-0.15, -0.1) is 5.10 Å². The van der Waals surface area contributed by atoms with Crippen LogP contribution in [0.3, 0.4) is 0 Å². The number of aromatic nitrogens is 6. The maximum atomic E-state index is 6.08. The molecule has 108 valence electrons. The molecule has 2 N–H and O–H groups in total. The van der Waals surface area contributed by atoms with Crippen LogP contribution in [0.1, 0.15) is 19.8 Å². The van der Waals surface area contributed by atoms with Crippen molar-refractivity contribution in [1.29, 1.82) is 0 Å². The number of nitrogens with two attached hydrogens (primary N) is 1. The van der Waals surface area contributed by atoms with E-state index >= 15 is 0 Å². The number of nitrogens with zero attached hydrogens (tertiary/aromatic N) is 6. The number of benzene rings is 1. The van der Waals surface area contributed by atoms with E-state index in [9.17, 15) is 0 Å². The minimum atomic E-state index is 0.681. The molecule has 0 radical (unpaired) electrons. The number of unbranched alkanes of at least 4 members (excludes halogenated alkanes) is 1. The lowest BCUT2D eigenvalue weighted by Crippen LogP contribution is -1.98. The van der Waals surface area contributed by atoms with Gasteiger partial charge in [-0.1, -0.05) is 25.5 Å². The number of tetrazole rings is 1. The fraction of sp³-hybridized carbons (Fsp3) is 0.286. The fourth-order valence-corrected chi connectivity index (χ4v) is 2.17. The Hall–Kier alpha value is -2.70. The molecule has 0 fully saturated rings. The topological polar surface area (TPSA) is 87.4 Å². The van der Waals surface area contributed by atoms with Crippen LogP contribution in [0.5, 0.6) is 0 Å². The third kappa shape index (κ3) is 2.76. The molecule has 21 heavy (non-hydrogen) atoms. The van der Waals surface area contributed by atoms with Gasteiger partial charge in [-0.3, -0.25) is 4.68 Å². The van der Waals surface area contributed by atoms with Gasteiger partial charge in [-0.25, -0.2) is 4.68 Å². The molecule has 2 heterocycles. The summed E-state index contributed by atoms with van der Waals surface area (Å²) >= 11 is 0. The van der Waals surface area contributed by atoms with Crippen molar-refractivity contribution in [2.24, 2.45) is 0 Å². The monoisotopic (exact) mass is 283 g/mol. The summed E-state index contributed by atoms with van der Waals surface area (Å²) in [7, 11) is 0. The highest BCUT2D eigenvalue weighted by Crippen LogP contribution is 2.25. The Bertz CT molecular complexity index is 715. The maximum Gasteiger partial charge on any atom is 0.143 e. The van der Waals surface area contributed by atoms with E-state index in [0.717, 1.165) is 36.3 Å². The van der Waals surface area contributed by atoms with Gasteiger partial charge in [-0.05, 0) is 29.0 Å². The molecule has 0 bridgehead atoms. The minimum Gasteiger partial charge on any atom is -0.396 e. The van der Waals surface area contributed by atoms with Crippen LogP contribution in [0.4, 0.5) is 5.69 Å². The van der Waals surface area contributed by atoms with E-state index in [-0.39, 0.29) is 0 Å². The van der Waals surface area contributed by atoms with Crippen molar-refractivity contribution in [3.05, 3.63) is 36.8 Å². The van der Waals surface area contributed by atoms with Gasteiger partial charge in [0, 0.05) is 18.3 Å². The van der Waals surface area contributed by atoms with Crippen LogP contribution in [0.15, 0.2) is 36.8 Å². The summed E-state index contributed by atoms with van der Waals surface area (Å²) in [5.74, 6) is 0. The molecular formula is C14H17N7. The second-order valence-electron chi connectivity index (χ2n) is 4.85. The predicted molar refractivity (Wildman–Crippen MR) is 79.7 cm³/mol. The zero-order chi connectivity index (χ0) is 14.7. The van der Waals surface area contributed by atoms with Crippen LogP contribution in [0.2, 0.25) is 0 Å². The molecule has 0 aliphatic heterocycles. The maximum absolute atomic E-state index is 6.08. The van der Waals surface area contributed by atoms with Crippen LogP contribution >= 0.6 is 0 Å². The first-order valence-corrected chi connectivity index (χ1v) is 6.94. The minimum absolute atomic E-state index is 0.681. The molecular weight excluding hydrogens is 266 g/mol. The number of anilines is 1. The molecule has 0 saturated carbocycles. The highest BCUT2D eigenvalue weighted by molar-refractivity contribution is 5.73. The van der Waals surface area contributed by atoms with E-state index in [1.807, 2.05) is 35.1 Å². The van der Waals surface area contributed by atoms with E-state index < -0.39 is 0 Å². The Morgan fingerprint density at radius 3 is 2.95 bits per heavy atom. The molecule has 3 rings (SSSR count). The average Bonchev–Trinajstić information content (AvgIpc) is 3.15. The lowest BCUT2D eigenvalue weighted by molar-refractivity contribution is 0.573. The summed E-state index contributed by atoms with van der Waals surface area (Å²) in [5.41, 5.74) is 9.39. The lowest BCUT2D eigenvalue weighted by atomic mass is 10.1.